The van der Waals surface area contributed by atoms with Gasteiger partial charge in [0.1, 0.15) is 10.7 Å². The molecule has 98 valence electrons. The van der Waals surface area contributed by atoms with Crippen LogP contribution in [0.25, 0.3) is 10.9 Å². The maximum atomic E-state index is 5.57. The molecule has 3 aromatic rings. The van der Waals surface area contributed by atoms with Crippen molar-refractivity contribution >= 4 is 39.7 Å². The zero-order chi connectivity index (χ0) is 13.9. The largest absolute Gasteiger partial charge is 0.388 e. The Bertz CT molecular complexity index is 782. The molecule has 0 aliphatic carbocycles. The number of thiocarbonyl (C=S) groups is 1. The third kappa shape index (κ3) is 2.41. The summed E-state index contributed by atoms with van der Waals surface area (Å²) in [5, 5.41) is 4.16. The van der Waals surface area contributed by atoms with Gasteiger partial charge in [-0.15, -0.1) is 0 Å². The lowest BCUT2D eigenvalue weighted by molar-refractivity contribution is 1.15. The molecule has 0 bridgehead atoms. The summed E-state index contributed by atoms with van der Waals surface area (Å²) in [6.45, 7) is 0. The second kappa shape index (κ2) is 5.18. The van der Waals surface area contributed by atoms with Crippen LogP contribution in [0.15, 0.2) is 48.8 Å². The standard InChI is InChI=1S/C14H11N5S/c15-13(20)12-6-8-17-14(19-12)18-11-5-1-4-10-9(11)3-2-7-16-10/h1-8H,(H2,15,20)(H,17,18,19). The molecule has 0 unspecified atom stereocenters. The van der Waals surface area contributed by atoms with Crippen molar-refractivity contribution in [1.82, 2.24) is 15.0 Å². The Morgan fingerprint density at radius 3 is 2.80 bits per heavy atom. The molecule has 0 fully saturated rings. The lowest BCUT2D eigenvalue weighted by Crippen LogP contribution is -2.12. The van der Waals surface area contributed by atoms with Gasteiger partial charge in [0.25, 0.3) is 0 Å². The van der Waals surface area contributed by atoms with Crippen LogP contribution in [0.1, 0.15) is 5.69 Å². The number of hydrogen-bond donors (Lipinski definition) is 2. The highest BCUT2D eigenvalue weighted by atomic mass is 32.1. The van der Waals surface area contributed by atoms with Gasteiger partial charge in [0.2, 0.25) is 5.95 Å². The van der Waals surface area contributed by atoms with E-state index in [1.165, 1.54) is 0 Å². The molecule has 0 atom stereocenters. The number of nitrogens with two attached hydrogens (primary N) is 1. The van der Waals surface area contributed by atoms with Crippen molar-refractivity contribution in [2.45, 2.75) is 0 Å². The fraction of sp³-hybridized carbons (Fsp3) is 0. The van der Waals surface area contributed by atoms with Gasteiger partial charge < -0.3 is 11.1 Å². The first-order valence-corrected chi connectivity index (χ1v) is 6.38. The zero-order valence-electron chi connectivity index (χ0n) is 10.4. The Balaban J connectivity index is 2.01. The first-order chi connectivity index (χ1) is 9.74. The topological polar surface area (TPSA) is 76.7 Å². The van der Waals surface area contributed by atoms with Crippen molar-refractivity contribution in [2.75, 3.05) is 5.32 Å². The van der Waals surface area contributed by atoms with E-state index in [0.717, 1.165) is 16.6 Å². The number of rotatable bonds is 3. The monoisotopic (exact) mass is 281 g/mol. The second-order valence-electron chi connectivity index (χ2n) is 4.13. The van der Waals surface area contributed by atoms with E-state index in [1.54, 1.807) is 18.5 Å². The van der Waals surface area contributed by atoms with E-state index in [2.05, 4.69) is 20.3 Å². The molecule has 0 amide bonds. The molecule has 0 saturated heterocycles. The van der Waals surface area contributed by atoms with Crippen LogP contribution in [0.4, 0.5) is 11.6 Å². The van der Waals surface area contributed by atoms with Gasteiger partial charge in [-0.2, -0.15) is 0 Å². The number of aromatic nitrogens is 3. The summed E-state index contributed by atoms with van der Waals surface area (Å²) >= 11 is 4.91. The molecule has 6 heteroatoms. The van der Waals surface area contributed by atoms with Crippen molar-refractivity contribution in [3.8, 4) is 0 Å². The van der Waals surface area contributed by atoms with Crippen molar-refractivity contribution < 1.29 is 0 Å². The van der Waals surface area contributed by atoms with E-state index < -0.39 is 0 Å². The average Bonchev–Trinajstić information content (AvgIpc) is 2.48. The van der Waals surface area contributed by atoms with Crippen molar-refractivity contribution in [2.24, 2.45) is 5.73 Å². The summed E-state index contributed by atoms with van der Waals surface area (Å²) in [5.74, 6) is 0.451. The molecular weight excluding hydrogens is 270 g/mol. The van der Waals surface area contributed by atoms with Crippen LogP contribution in [0.5, 0.6) is 0 Å². The van der Waals surface area contributed by atoms with Crippen LogP contribution in [-0.4, -0.2) is 19.9 Å². The number of pyridine rings is 1. The molecular formula is C14H11N5S. The number of anilines is 2. The second-order valence-corrected chi connectivity index (χ2v) is 4.57. The molecule has 0 spiro atoms. The molecule has 0 radical (unpaired) electrons. The summed E-state index contributed by atoms with van der Waals surface area (Å²) in [6, 6.07) is 11.4. The number of fused-ring (bicyclic) bond motifs is 1. The molecule has 20 heavy (non-hydrogen) atoms. The summed E-state index contributed by atoms with van der Waals surface area (Å²) in [7, 11) is 0. The molecule has 5 nitrogen and oxygen atoms in total. The number of benzene rings is 1. The minimum absolute atomic E-state index is 0.245. The Hall–Kier alpha value is -2.60. The van der Waals surface area contributed by atoms with Gasteiger partial charge in [-0.3, -0.25) is 4.98 Å². The maximum Gasteiger partial charge on any atom is 0.227 e. The normalized spacial score (nSPS) is 10.4. The Morgan fingerprint density at radius 1 is 1.05 bits per heavy atom. The molecule has 2 aromatic heterocycles. The van der Waals surface area contributed by atoms with E-state index in [0.29, 0.717) is 11.6 Å². The van der Waals surface area contributed by atoms with Crippen LogP contribution in [-0.2, 0) is 0 Å². The lowest BCUT2D eigenvalue weighted by Gasteiger charge is -2.08. The first-order valence-electron chi connectivity index (χ1n) is 5.97. The third-order valence-electron chi connectivity index (χ3n) is 2.80. The van der Waals surface area contributed by atoms with Gasteiger partial charge in [-0.1, -0.05) is 18.3 Å². The first kappa shape index (κ1) is 12.4. The van der Waals surface area contributed by atoms with Crippen molar-refractivity contribution in [3.63, 3.8) is 0 Å². The molecule has 3 rings (SSSR count). The summed E-state index contributed by atoms with van der Waals surface area (Å²) in [6.07, 6.45) is 3.38. The van der Waals surface area contributed by atoms with Crippen LogP contribution in [0.3, 0.4) is 0 Å². The number of hydrogen-bond acceptors (Lipinski definition) is 5. The quantitative estimate of drug-likeness (QED) is 0.718. The van der Waals surface area contributed by atoms with Crippen molar-refractivity contribution in [3.05, 3.63) is 54.5 Å². The third-order valence-corrected chi connectivity index (χ3v) is 3.01. The van der Waals surface area contributed by atoms with E-state index in [4.69, 9.17) is 18.0 Å². The fourth-order valence-electron chi connectivity index (χ4n) is 1.89. The van der Waals surface area contributed by atoms with Gasteiger partial charge in [0.05, 0.1) is 11.2 Å². The number of nitrogens with one attached hydrogen (secondary N) is 1. The summed E-state index contributed by atoms with van der Waals surface area (Å²) in [4.78, 5) is 13.0. The SMILES string of the molecule is NC(=S)c1ccnc(Nc2cccc3ncccc23)n1. The van der Waals surface area contributed by atoms with Gasteiger partial charge in [-0.05, 0) is 30.3 Å². The van der Waals surface area contributed by atoms with Crippen LogP contribution in [0.2, 0.25) is 0 Å². The van der Waals surface area contributed by atoms with Crippen molar-refractivity contribution in [1.29, 1.82) is 0 Å². The predicted octanol–water partition coefficient (Wildman–Crippen LogP) is 2.40. The van der Waals surface area contributed by atoms with E-state index in [-0.39, 0.29) is 4.99 Å². The Kier molecular flexibility index (Phi) is 3.22. The minimum Gasteiger partial charge on any atom is -0.388 e. The van der Waals surface area contributed by atoms with Crippen LogP contribution < -0.4 is 11.1 Å². The van der Waals surface area contributed by atoms with E-state index in [1.807, 2.05) is 30.3 Å². The lowest BCUT2D eigenvalue weighted by atomic mass is 10.2. The minimum atomic E-state index is 0.245. The van der Waals surface area contributed by atoms with Gasteiger partial charge in [0.15, 0.2) is 0 Å². The molecule has 0 saturated carbocycles. The highest BCUT2D eigenvalue weighted by Gasteiger charge is 2.05. The van der Waals surface area contributed by atoms with Gasteiger partial charge in [-0.25, -0.2) is 9.97 Å². The molecule has 0 aliphatic heterocycles. The molecule has 2 heterocycles. The Labute approximate surface area is 120 Å². The predicted molar refractivity (Wildman–Crippen MR) is 82.9 cm³/mol. The molecule has 3 N–H and O–H groups in total. The number of nitrogens with zero attached hydrogens (tertiary/aromatic N) is 3. The summed E-state index contributed by atoms with van der Waals surface area (Å²) < 4.78 is 0. The van der Waals surface area contributed by atoms with Gasteiger partial charge >= 0.3 is 0 Å². The fourth-order valence-corrected chi connectivity index (χ4v) is 2.00. The molecule has 1 aromatic carbocycles. The maximum absolute atomic E-state index is 5.57. The smallest absolute Gasteiger partial charge is 0.227 e. The highest BCUT2D eigenvalue weighted by molar-refractivity contribution is 7.80. The highest BCUT2D eigenvalue weighted by Crippen LogP contribution is 2.23. The van der Waals surface area contributed by atoms with E-state index >= 15 is 0 Å². The van der Waals surface area contributed by atoms with Crippen LogP contribution >= 0.6 is 12.2 Å². The zero-order valence-corrected chi connectivity index (χ0v) is 11.3. The molecule has 0 aliphatic rings. The van der Waals surface area contributed by atoms with Gasteiger partial charge in [0, 0.05) is 17.8 Å². The van der Waals surface area contributed by atoms with Crippen LogP contribution in [0, 0.1) is 0 Å². The summed E-state index contributed by atoms with van der Waals surface area (Å²) in [5.41, 5.74) is 7.90. The van der Waals surface area contributed by atoms with E-state index in [9.17, 15) is 0 Å². The Morgan fingerprint density at radius 2 is 1.95 bits per heavy atom. The average molecular weight is 281 g/mol.